The molecule has 0 aliphatic carbocycles. The number of unbranched alkanes of at least 4 members (excludes halogenated alkanes) is 2. The van der Waals surface area contributed by atoms with E-state index in [-0.39, 0.29) is 11.5 Å². The first kappa shape index (κ1) is 33.2. The van der Waals surface area contributed by atoms with Crippen molar-refractivity contribution in [3.8, 4) is 11.5 Å². The first-order valence-corrected chi connectivity index (χ1v) is 18.1. The second kappa shape index (κ2) is 13.9. The van der Waals surface area contributed by atoms with Crippen molar-refractivity contribution in [1.29, 1.82) is 0 Å². The zero-order chi connectivity index (χ0) is 34.2. The fourth-order valence-electron chi connectivity index (χ4n) is 6.54. The van der Waals surface area contributed by atoms with E-state index in [1.54, 1.807) is 12.4 Å². The number of benzene rings is 5. The van der Waals surface area contributed by atoms with Gasteiger partial charge in [-0.25, -0.2) is 0 Å². The van der Waals surface area contributed by atoms with Crippen molar-refractivity contribution in [3.63, 3.8) is 0 Å². The van der Waals surface area contributed by atoms with Crippen LogP contribution < -0.4 is 0 Å². The summed E-state index contributed by atoms with van der Waals surface area (Å²) < 4.78 is 5.38. The van der Waals surface area contributed by atoms with E-state index in [2.05, 4.69) is 38.9 Å². The molecule has 0 atom stereocenters. The lowest BCUT2D eigenvalue weighted by molar-refractivity contribution is 0.474. The van der Waals surface area contributed by atoms with Crippen LogP contribution in [0.25, 0.3) is 43.6 Å². The molecule has 248 valence electrons. The molecule has 7 aromatic rings. The topological polar surface area (TPSA) is 75.0 Å². The third-order valence-electron chi connectivity index (χ3n) is 9.05. The van der Waals surface area contributed by atoms with Gasteiger partial charge in [0.1, 0.15) is 11.5 Å². The van der Waals surface area contributed by atoms with Gasteiger partial charge in [0.2, 0.25) is 0 Å². The Labute approximate surface area is 303 Å². The molecule has 49 heavy (non-hydrogen) atoms. The number of halogens is 3. The van der Waals surface area contributed by atoms with Crippen molar-refractivity contribution < 1.29 is 10.2 Å². The summed E-state index contributed by atoms with van der Waals surface area (Å²) in [5.41, 5.74) is 6.54. The highest BCUT2D eigenvalue weighted by atomic mass is 79.9. The van der Waals surface area contributed by atoms with Gasteiger partial charge in [0.25, 0.3) is 0 Å². The molecule has 0 amide bonds. The molecule has 0 saturated heterocycles. The van der Waals surface area contributed by atoms with Crippen LogP contribution in [0.1, 0.15) is 50.7 Å². The minimum atomic E-state index is 0.138. The second-order valence-electron chi connectivity index (χ2n) is 12.3. The SMILES string of the molecule is CCCCn1c2cc(Cl)ccc2c2cc(O)c(C=Nc3ccc(Br)cc3N=Cc3cc4c(cc3O)c3ccc(Cl)cc3n4CCCC)cc21. The van der Waals surface area contributed by atoms with Crippen molar-refractivity contribution >= 4 is 107 Å². The van der Waals surface area contributed by atoms with Gasteiger partial charge in [-0.3, -0.25) is 9.98 Å². The van der Waals surface area contributed by atoms with Crippen LogP contribution in [0.3, 0.4) is 0 Å². The Bertz CT molecular complexity index is 2440. The summed E-state index contributed by atoms with van der Waals surface area (Å²) in [6, 6.07) is 25.0. The van der Waals surface area contributed by atoms with Gasteiger partial charge < -0.3 is 19.3 Å². The summed E-state index contributed by atoms with van der Waals surface area (Å²) >= 11 is 16.3. The van der Waals surface area contributed by atoms with E-state index in [4.69, 9.17) is 33.2 Å². The largest absolute Gasteiger partial charge is 0.507 e. The maximum atomic E-state index is 11.1. The van der Waals surface area contributed by atoms with Gasteiger partial charge in [-0.1, -0.05) is 78.0 Å². The van der Waals surface area contributed by atoms with Gasteiger partial charge in [-0.05, 0) is 79.6 Å². The number of aromatic nitrogens is 2. The highest BCUT2D eigenvalue weighted by Crippen LogP contribution is 2.38. The van der Waals surface area contributed by atoms with Crippen LogP contribution >= 0.6 is 39.1 Å². The van der Waals surface area contributed by atoms with E-state index in [9.17, 15) is 10.2 Å². The molecule has 0 saturated carbocycles. The van der Waals surface area contributed by atoms with Crippen molar-refractivity contribution in [2.45, 2.75) is 52.6 Å². The van der Waals surface area contributed by atoms with Gasteiger partial charge in [0.15, 0.2) is 0 Å². The number of aliphatic imine (C=N–C) groups is 2. The van der Waals surface area contributed by atoms with E-state index in [0.29, 0.717) is 32.5 Å². The van der Waals surface area contributed by atoms with E-state index in [0.717, 1.165) is 86.9 Å². The molecule has 0 bridgehead atoms. The van der Waals surface area contributed by atoms with Gasteiger partial charge in [-0.15, -0.1) is 0 Å². The van der Waals surface area contributed by atoms with Crippen molar-refractivity contribution in [3.05, 3.63) is 105 Å². The fraction of sp³-hybridized carbons (Fsp3) is 0.200. The van der Waals surface area contributed by atoms with Crippen LogP contribution in [0.15, 0.2) is 93.3 Å². The molecule has 2 aromatic heterocycles. The summed E-state index contributed by atoms with van der Waals surface area (Å²) in [4.78, 5) is 9.58. The molecule has 7 rings (SSSR count). The average molecular weight is 755 g/mol. The third kappa shape index (κ3) is 6.43. The molecular weight excluding hydrogens is 719 g/mol. The smallest absolute Gasteiger partial charge is 0.125 e. The van der Waals surface area contributed by atoms with Crippen molar-refractivity contribution in [2.24, 2.45) is 9.98 Å². The van der Waals surface area contributed by atoms with E-state index in [1.165, 1.54) is 0 Å². The van der Waals surface area contributed by atoms with Gasteiger partial charge in [0, 0.05) is 72.7 Å². The zero-order valence-electron chi connectivity index (χ0n) is 27.2. The Kier molecular flexibility index (Phi) is 9.42. The second-order valence-corrected chi connectivity index (χ2v) is 14.1. The predicted octanol–water partition coefficient (Wildman–Crippen LogP) is 12.5. The van der Waals surface area contributed by atoms with Crippen molar-refractivity contribution in [2.75, 3.05) is 0 Å². The third-order valence-corrected chi connectivity index (χ3v) is 10.0. The number of phenols is 2. The summed E-state index contributed by atoms with van der Waals surface area (Å²) in [5, 5.41) is 27.6. The molecule has 0 radical (unpaired) electrons. The molecule has 2 heterocycles. The summed E-state index contributed by atoms with van der Waals surface area (Å²) in [6.45, 7) is 6.03. The standard InChI is InChI=1S/C40H35BrCl2N4O2/c1-3-5-13-46-35-15-24(39(48)20-31(35)29-10-8-27(42)18-37(29)46)22-44-33-12-7-26(41)17-34(33)45-23-25-16-36-32(21-40(25)49)30-11-9-28(43)19-38(30)47(36)14-6-4-2/h7-12,15-23,48-49H,3-6,13-14H2,1-2H3. The summed E-state index contributed by atoms with van der Waals surface area (Å²) in [5.74, 6) is 0.277. The van der Waals surface area contributed by atoms with Crippen LogP contribution in [-0.2, 0) is 13.1 Å². The number of hydrogen-bond acceptors (Lipinski definition) is 4. The lowest BCUT2D eigenvalue weighted by atomic mass is 10.1. The Morgan fingerprint density at radius 1 is 0.592 bits per heavy atom. The van der Waals surface area contributed by atoms with E-state index in [1.807, 2.05) is 78.9 Å². The lowest BCUT2D eigenvalue weighted by Crippen LogP contribution is -1.97. The van der Waals surface area contributed by atoms with Crippen LogP contribution in [0.4, 0.5) is 11.4 Å². The number of aryl methyl sites for hydroxylation is 2. The minimum absolute atomic E-state index is 0.138. The van der Waals surface area contributed by atoms with Crippen LogP contribution in [-0.4, -0.2) is 31.8 Å². The Morgan fingerprint density at radius 3 is 1.55 bits per heavy atom. The molecule has 0 aliphatic heterocycles. The highest BCUT2D eigenvalue weighted by molar-refractivity contribution is 9.10. The number of rotatable bonds is 10. The molecular formula is C40H35BrCl2N4O2. The molecule has 0 unspecified atom stereocenters. The summed E-state index contributed by atoms with van der Waals surface area (Å²) in [6.07, 6.45) is 7.51. The lowest BCUT2D eigenvalue weighted by Gasteiger charge is -2.08. The first-order valence-electron chi connectivity index (χ1n) is 16.5. The molecule has 9 heteroatoms. The summed E-state index contributed by atoms with van der Waals surface area (Å²) in [7, 11) is 0. The number of nitrogens with zero attached hydrogens (tertiary/aromatic N) is 4. The highest BCUT2D eigenvalue weighted by Gasteiger charge is 2.16. The van der Waals surface area contributed by atoms with Gasteiger partial charge in [0.05, 0.1) is 33.4 Å². The Hall–Kier alpha value is -4.30. The van der Waals surface area contributed by atoms with Gasteiger partial charge >= 0.3 is 0 Å². The van der Waals surface area contributed by atoms with Crippen LogP contribution in [0.2, 0.25) is 10.0 Å². The van der Waals surface area contributed by atoms with Crippen LogP contribution in [0, 0.1) is 0 Å². The predicted molar refractivity (Wildman–Crippen MR) is 211 cm³/mol. The average Bonchev–Trinajstić information content (AvgIpc) is 3.53. The fourth-order valence-corrected chi connectivity index (χ4v) is 7.23. The molecule has 0 spiro atoms. The van der Waals surface area contributed by atoms with Crippen LogP contribution in [0.5, 0.6) is 11.5 Å². The normalized spacial score (nSPS) is 12.3. The zero-order valence-corrected chi connectivity index (χ0v) is 30.3. The van der Waals surface area contributed by atoms with Crippen molar-refractivity contribution in [1.82, 2.24) is 9.13 Å². The molecule has 6 nitrogen and oxygen atoms in total. The monoisotopic (exact) mass is 752 g/mol. The molecule has 5 aromatic carbocycles. The molecule has 0 fully saturated rings. The number of hydrogen-bond donors (Lipinski definition) is 2. The quantitative estimate of drug-likeness (QED) is 0.136. The first-order chi connectivity index (χ1) is 23.7. The van der Waals surface area contributed by atoms with E-state index >= 15 is 0 Å². The maximum absolute atomic E-state index is 11.1. The van der Waals surface area contributed by atoms with Gasteiger partial charge in [-0.2, -0.15) is 0 Å². The maximum Gasteiger partial charge on any atom is 0.125 e. The number of aromatic hydroxyl groups is 2. The number of fused-ring (bicyclic) bond motifs is 6. The molecule has 2 N–H and O–H groups in total. The molecule has 0 aliphatic rings. The Balaban J connectivity index is 1.27. The Morgan fingerprint density at radius 2 is 1.06 bits per heavy atom. The minimum Gasteiger partial charge on any atom is -0.507 e. The van der Waals surface area contributed by atoms with E-state index < -0.39 is 0 Å². The number of phenolic OH excluding ortho intramolecular Hbond substituents is 2.